The van der Waals surface area contributed by atoms with Crippen molar-refractivity contribution in [3.8, 4) is 5.75 Å². The maximum absolute atomic E-state index is 12.8. The van der Waals surface area contributed by atoms with Crippen LogP contribution < -0.4 is 10.1 Å². The van der Waals surface area contributed by atoms with Crippen molar-refractivity contribution in [1.82, 2.24) is 9.88 Å². The quantitative estimate of drug-likeness (QED) is 0.782. The van der Waals surface area contributed by atoms with E-state index in [2.05, 4.69) is 35.9 Å². The van der Waals surface area contributed by atoms with Crippen LogP contribution >= 0.6 is 0 Å². The van der Waals surface area contributed by atoms with Gasteiger partial charge in [0.25, 0.3) is 5.91 Å². The molecule has 3 aromatic rings. The van der Waals surface area contributed by atoms with Gasteiger partial charge in [0.15, 0.2) is 0 Å². The molecule has 1 aromatic heterocycles. The average molecular weight is 334 g/mol. The number of nitrogens with zero attached hydrogens (tertiary/aromatic N) is 1. The van der Waals surface area contributed by atoms with Gasteiger partial charge in [0.05, 0.1) is 12.1 Å². The Kier molecular flexibility index (Phi) is 3.96. The second-order valence-electron chi connectivity index (χ2n) is 6.65. The lowest BCUT2D eigenvalue weighted by Gasteiger charge is -2.26. The molecular weight excluding hydrogens is 312 g/mol. The molecule has 1 aliphatic heterocycles. The number of carbonyl (C=O) groups is 1. The molecule has 1 aliphatic rings. The van der Waals surface area contributed by atoms with E-state index >= 15 is 0 Å². The van der Waals surface area contributed by atoms with E-state index in [9.17, 15) is 4.79 Å². The number of hydrogen-bond acceptors (Lipinski definition) is 2. The minimum Gasteiger partial charge on any atom is -0.486 e. The van der Waals surface area contributed by atoms with Crippen molar-refractivity contribution in [3.05, 3.63) is 65.4 Å². The van der Waals surface area contributed by atoms with Crippen molar-refractivity contribution < 1.29 is 9.53 Å². The molecule has 4 rings (SSSR count). The number of amides is 1. The summed E-state index contributed by atoms with van der Waals surface area (Å²) in [6, 6.07) is 16.2. The van der Waals surface area contributed by atoms with Crippen LogP contribution in [0.5, 0.6) is 5.75 Å². The van der Waals surface area contributed by atoms with Crippen LogP contribution in [-0.2, 0) is 13.1 Å². The molecule has 2 aromatic carbocycles. The van der Waals surface area contributed by atoms with Gasteiger partial charge in [-0.25, -0.2) is 0 Å². The second kappa shape index (κ2) is 6.28. The number of carbonyl (C=O) groups excluding carboxylic acids is 1. The normalized spacial score (nSPS) is 15.8. The number of aromatic nitrogens is 1. The molecule has 1 amide bonds. The van der Waals surface area contributed by atoms with Gasteiger partial charge in [0, 0.05) is 11.9 Å². The predicted octanol–water partition coefficient (Wildman–Crippen LogP) is 4.05. The van der Waals surface area contributed by atoms with E-state index < -0.39 is 0 Å². The number of rotatable bonds is 4. The summed E-state index contributed by atoms with van der Waals surface area (Å²) < 4.78 is 8.14. The summed E-state index contributed by atoms with van der Waals surface area (Å²) >= 11 is 0. The molecule has 4 heteroatoms. The molecule has 25 heavy (non-hydrogen) atoms. The average Bonchev–Trinajstić information content (AvgIpc) is 3.01. The fourth-order valence-electron chi connectivity index (χ4n) is 3.37. The molecule has 1 unspecified atom stereocenters. The molecule has 2 heterocycles. The van der Waals surface area contributed by atoms with Crippen LogP contribution in [0.3, 0.4) is 0 Å². The Balaban J connectivity index is 1.62. The van der Waals surface area contributed by atoms with E-state index in [1.54, 1.807) is 0 Å². The molecular formula is C21H22N2O2. The third-order valence-electron chi connectivity index (χ3n) is 4.82. The van der Waals surface area contributed by atoms with Crippen LogP contribution in [0.4, 0.5) is 0 Å². The molecule has 128 valence electrons. The van der Waals surface area contributed by atoms with Crippen molar-refractivity contribution in [2.75, 3.05) is 0 Å². The first-order chi connectivity index (χ1) is 12.2. The summed E-state index contributed by atoms with van der Waals surface area (Å²) in [4.78, 5) is 12.8. The van der Waals surface area contributed by atoms with Crippen LogP contribution in [-0.4, -0.2) is 16.6 Å². The summed E-state index contributed by atoms with van der Waals surface area (Å²) in [7, 11) is 0. The van der Waals surface area contributed by atoms with E-state index in [0.717, 1.165) is 28.6 Å². The zero-order chi connectivity index (χ0) is 17.4. The summed E-state index contributed by atoms with van der Waals surface area (Å²) in [6.07, 6.45) is 1.02. The smallest absolute Gasteiger partial charge is 0.268 e. The monoisotopic (exact) mass is 334 g/mol. The number of para-hydroxylation sites is 1. The fourth-order valence-corrected chi connectivity index (χ4v) is 3.37. The largest absolute Gasteiger partial charge is 0.486 e. The maximum Gasteiger partial charge on any atom is 0.268 e. The highest BCUT2D eigenvalue weighted by molar-refractivity contribution is 6.00. The third-order valence-corrected chi connectivity index (χ3v) is 4.82. The number of hydrogen-bond donors (Lipinski definition) is 1. The topological polar surface area (TPSA) is 43.3 Å². The van der Waals surface area contributed by atoms with E-state index in [1.807, 2.05) is 36.4 Å². The number of nitrogens with one attached hydrogen (secondary N) is 1. The zero-order valence-corrected chi connectivity index (χ0v) is 14.6. The van der Waals surface area contributed by atoms with Crippen LogP contribution in [0.2, 0.25) is 0 Å². The number of benzene rings is 2. The maximum atomic E-state index is 12.8. The predicted molar refractivity (Wildman–Crippen MR) is 99.0 cm³/mol. The molecule has 4 nitrogen and oxygen atoms in total. The highest BCUT2D eigenvalue weighted by atomic mass is 16.5. The Hall–Kier alpha value is -2.75. The SMILES string of the molecule is CCC1Cn2c(C(=O)NCc3ccc(C)cc3)cc3cccc(c32)O1. The summed E-state index contributed by atoms with van der Waals surface area (Å²) in [6.45, 7) is 5.41. The minimum absolute atomic E-state index is 0.0421. The zero-order valence-electron chi connectivity index (χ0n) is 14.6. The molecule has 0 radical (unpaired) electrons. The minimum atomic E-state index is -0.0421. The molecule has 1 N–H and O–H groups in total. The van der Waals surface area contributed by atoms with Crippen LogP contribution in [0, 0.1) is 6.92 Å². The van der Waals surface area contributed by atoms with Crippen molar-refractivity contribution in [2.24, 2.45) is 0 Å². The van der Waals surface area contributed by atoms with Crippen LogP contribution in [0.25, 0.3) is 10.9 Å². The number of aryl methyl sites for hydroxylation is 1. The van der Waals surface area contributed by atoms with Crippen molar-refractivity contribution in [2.45, 2.75) is 39.5 Å². The van der Waals surface area contributed by atoms with Gasteiger partial charge >= 0.3 is 0 Å². The summed E-state index contributed by atoms with van der Waals surface area (Å²) in [5, 5.41) is 4.09. The highest BCUT2D eigenvalue weighted by Gasteiger charge is 2.25. The van der Waals surface area contributed by atoms with Crippen molar-refractivity contribution in [1.29, 1.82) is 0 Å². The molecule has 0 saturated heterocycles. The summed E-state index contributed by atoms with van der Waals surface area (Å²) in [5.74, 6) is 0.827. The Morgan fingerprint density at radius 3 is 2.80 bits per heavy atom. The van der Waals surface area contributed by atoms with Gasteiger partial charge in [-0.05, 0) is 31.0 Å². The van der Waals surface area contributed by atoms with E-state index in [0.29, 0.717) is 18.8 Å². The van der Waals surface area contributed by atoms with Gasteiger partial charge in [0.2, 0.25) is 0 Å². The lowest BCUT2D eigenvalue weighted by molar-refractivity contribution is 0.0935. The van der Waals surface area contributed by atoms with Gasteiger partial charge in [-0.3, -0.25) is 4.79 Å². The lowest BCUT2D eigenvalue weighted by Crippen LogP contribution is -2.31. The molecule has 0 fully saturated rings. The van der Waals surface area contributed by atoms with Crippen molar-refractivity contribution >= 4 is 16.8 Å². The molecule has 0 spiro atoms. The van der Waals surface area contributed by atoms with Crippen LogP contribution in [0.1, 0.15) is 35.0 Å². The lowest BCUT2D eigenvalue weighted by atomic mass is 10.1. The first-order valence-electron chi connectivity index (χ1n) is 8.78. The molecule has 1 atom stereocenters. The Bertz CT molecular complexity index is 925. The summed E-state index contributed by atoms with van der Waals surface area (Å²) in [5.41, 5.74) is 4.05. The van der Waals surface area contributed by atoms with Gasteiger partial charge in [-0.2, -0.15) is 0 Å². The van der Waals surface area contributed by atoms with E-state index in [-0.39, 0.29) is 12.0 Å². The van der Waals surface area contributed by atoms with Crippen molar-refractivity contribution in [3.63, 3.8) is 0 Å². The molecule has 0 bridgehead atoms. The van der Waals surface area contributed by atoms with Gasteiger partial charge < -0.3 is 14.6 Å². The van der Waals surface area contributed by atoms with Gasteiger partial charge in [-0.15, -0.1) is 0 Å². The fraction of sp³-hybridized carbons (Fsp3) is 0.286. The Morgan fingerprint density at radius 2 is 2.04 bits per heavy atom. The number of ether oxygens (including phenoxy) is 1. The molecule has 0 aliphatic carbocycles. The molecule has 0 saturated carbocycles. The first-order valence-corrected chi connectivity index (χ1v) is 8.78. The van der Waals surface area contributed by atoms with Gasteiger partial charge in [0.1, 0.15) is 17.5 Å². The van der Waals surface area contributed by atoms with E-state index in [4.69, 9.17) is 4.74 Å². The van der Waals surface area contributed by atoms with Crippen LogP contribution in [0.15, 0.2) is 48.5 Å². The first kappa shape index (κ1) is 15.8. The van der Waals surface area contributed by atoms with E-state index in [1.165, 1.54) is 5.56 Å². The highest BCUT2D eigenvalue weighted by Crippen LogP contribution is 2.34. The standard InChI is InChI=1S/C21H22N2O2/c1-3-17-13-23-18(11-16-5-4-6-19(25-17)20(16)23)21(24)22-12-15-9-7-14(2)8-10-15/h4-11,17H,3,12-13H2,1-2H3,(H,22,24). The second-order valence-corrected chi connectivity index (χ2v) is 6.65. The third kappa shape index (κ3) is 2.88. The van der Waals surface area contributed by atoms with Gasteiger partial charge in [-0.1, -0.05) is 48.9 Å². The Morgan fingerprint density at radius 1 is 1.24 bits per heavy atom. The Labute approximate surface area is 147 Å².